The molecular weight excluding hydrogens is 258 g/mol. The average molecular weight is 284 g/mol. The van der Waals surface area contributed by atoms with Crippen molar-refractivity contribution >= 4 is 5.69 Å². The zero-order chi connectivity index (χ0) is 15.5. The normalized spacial score (nSPS) is 12.1. The Kier molecular flexibility index (Phi) is 5.51. The van der Waals surface area contributed by atoms with Crippen LogP contribution >= 0.6 is 0 Å². The van der Waals surface area contributed by atoms with Crippen LogP contribution < -0.4 is 10.2 Å². The quantitative estimate of drug-likeness (QED) is 0.876. The van der Waals surface area contributed by atoms with Gasteiger partial charge in [0.05, 0.1) is 0 Å². The molecule has 0 atom stereocenters. The average Bonchev–Trinajstić information content (AvgIpc) is 2.29. The smallest absolute Gasteiger partial charge is 0.149 e. The third-order valence-corrected chi connectivity index (χ3v) is 3.15. The molecule has 0 spiro atoms. The topological polar surface area (TPSA) is 15.3 Å². The summed E-state index contributed by atoms with van der Waals surface area (Å²) in [5, 5.41) is 3.23. The Balaban J connectivity index is 3.03. The Morgan fingerprint density at radius 1 is 1.15 bits per heavy atom. The summed E-state index contributed by atoms with van der Waals surface area (Å²) in [6, 6.07) is 2.90. The monoisotopic (exact) mass is 284 g/mol. The molecule has 0 saturated carbocycles. The first kappa shape index (κ1) is 16.9. The van der Waals surface area contributed by atoms with Crippen molar-refractivity contribution in [2.45, 2.75) is 59.7 Å². The third kappa shape index (κ3) is 4.44. The molecule has 0 aliphatic heterocycles. The van der Waals surface area contributed by atoms with E-state index in [1.54, 1.807) is 4.90 Å². The zero-order valence-electron chi connectivity index (χ0n) is 13.3. The Morgan fingerprint density at radius 3 is 2.00 bits per heavy atom. The lowest BCUT2D eigenvalue weighted by molar-refractivity contribution is 0.422. The van der Waals surface area contributed by atoms with Crippen molar-refractivity contribution < 1.29 is 8.78 Å². The summed E-state index contributed by atoms with van der Waals surface area (Å²) in [5.74, 6) is -0.988. The van der Waals surface area contributed by atoms with E-state index in [4.69, 9.17) is 0 Å². The molecule has 1 rings (SSSR count). The van der Waals surface area contributed by atoms with Crippen molar-refractivity contribution in [1.29, 1.82) is 0 Å². The molecule has 114 valence electrons. The van der Waals surface area contributed by atoms with Crippen LogP contribution in [0, 0.1) is 11.6 Å². The van der Waals surface area contributed by atoms with Crippen LogP contribution in [0.2, 0.25) is 0 Å². The van der Waals surface area contributed by atoms with E-state index in [-0.39, 0.29) is 17.3 Å². The van der Waals surface area contributed by atoms with Crippen molar-refractivity contribution in [2.75, 3.05) is 11.4 Å². The summed E-state index contributed by atoms with van der Waals surface area (Å²) in [7, 11) is 0. The van der Waals surface area contributed by atoms with Crippen LogP contribution in [0.5, 0.6) is 0 Å². The zero-order valence-corrected chi connectivity index (χ0v) is 13.3. The van der Waals surface area contributed by atoms with Gasteiger partial charge in [-0.1, -0.05) is 0 Å². The third-order valence-electron chi connectivity index (χ3n) is 3.15. The molecular formula is C16H26F2N2. The molecule has 0 aliphatic carbocycles. The van der Waals surface area contributed by atoms with Crippen LogP contribution in [0.4, 0.5) is 14.5 Å². The number of anilines is 1. The molecule has 0 aromatic heterocycles. The van der Waals surface area contributed by atoms with Crippen molar-refractivity contribution in [3.63, 3.8) is 0 Å². The van der Waals surface area contributed by atoms with Gasteiger partial charge in [-0.25, -0.2) is 8.78 Å². The van der Waals surface area contributed by atoms with Gasteiger partial charge in [0.1, 0.15) is 17.3 Å². The Labute approximate surface area is 121 Å². The summed E-state index contributed by atoms with van der Waals surface area (Å²) in [6.07, 6.45) is 0. The minimum atomic E-state index is -0.494. The van der Waals surface area contributed by atoms with E-state index in [1.807, 2.05) is 41.5 Å². The summed E-state index contributed by atoms with van der Waals surface area (Å²) in [6.45, 7) is 12.8. The maximum atomic E-state index is 14.2. The summed E-state index contributed by atoms with van der Waals surface area (Å²) < 4.78 is 28.4. The Hall–Kier alpha value is -1.16. The van der Waals surface area contributed by atoms with Gasteiger partial charge in [0.2, 0.25) is 0 Å². The van der Waals surface area contributed by atoms with Crippen LogP contribution in [0.15, 0.2) is 12.1 Å². The summed E-state index contributed by atoms with van der Waals surface area (Å²) >= 11 is 0. The fourth-order valence-electron chi connectivity index (χ4n) is 2.14. The highest BCUT2D eigenvalue weighted by Crippen LogP contribution is 2.26. The van der Waals surface area contributed by atoms with Crippen LogP contribution in [0.25, 0.3) is 0 Å². The Morgan fingerprint density at radius 2 is 1.65 bits per heavy atom. The molecule has 1 aromatic carbocycles. The predicted octanol–water partition coefficient (Wildman–Crippen LogP) is 4.09. The van der Waals surface area contributed by atoms with E-state index < -0.39 is 11.6 Å². The summed E-state index contributed by atoms with van der Waals surface area (Å²) in [4.78, 5) is 1.73. The second-order valence-electron chi connectivity index (χ2n) is 6.39. The largest absolute Gasteiger partial charge is 0.365 e. The molecule has 0 fully saturated rings. The van der Waals surface area contributed by atoms with Gasteiger partial charge in [0, 0.05) is 24.7 Å². The van der Waals surface area contributed by atoms with E-state index >= 15 is 0 Å². The van der Waals surface area contributed by atoms with Crippen LogP contribution in [-0.4, -0.2) is 18.1 Å². The molecule has 4 heteroatoms. The lowest BCUT2D eigenvalue weighted by Crippen LogP contribution is -2.35. The number of halogens is 2. The van der Waals surface area contributed by atoms with Gasteiger partial charge in [-0.05, 0) is 59.2 Å². The first-order valence-corrected chi connectivity index (χ1v) is 7.15. The van der Waals surface area contributed by atoms with Gasteiger partial charge in [-0.2, -0.15) is 0 Å². The molecule has 1 N–H and O–H groups in total. The second-order valence-corrected chi connectivity index (χ2v) is 6.39. The molecule has 0 aliphatic rings. The first-order chi connectivity index (χ1) is 9.15. The lowest BCUT2D eigenvalue weighted by Gasteiger charge is -2.28. The fourth-order valence-corrected chi connectivity index (χ4v) is 2.14. The van der Waals surface area contributed by atoms with Crippen LogP contribution in [0.1, 0.15) is 47.1 Å². The molecule has 20 heavy (non-hydrogen) atoms. The van der Waals surface area contributed by atoms with Gasteiger partial charge in [-0.3, -0.25) is 0 Å². The van der Waals surface area contributed by atoms with Crippen molar-refractivity contribution in [3.8, 4) is 0 Å². The molecule has 0 radical (unpaired) electrons. The maximum absolute atomic E-state index is 14.2. The molecule has 0 heterocycles. The van der Waals surface area contributed by atoms with Gasteiger partial charge in [0.15, 0.2) is 0 Å². The second kappa shape index (κ2) is 6.53. The highest BCUT2D eigenvalue weighted by molar-refractivity contribution is 5.51. The number of hydrogen-bond donors (Lipinski definition) is 1. The summed E-state index contributed by atoms with van der Waals surface area (Å²) in [5.41, 5.74) is 0.611. The van der Waals surface area contributed by atoms with Gasteiger partial charge >= 0.3 is 0 Å². The van der Waals surface area contributed by atoms with Gasteiger partial charge in [-0.15, -0.1) is 0 Å². The number of nitrogens with zero attached hydrogens (tertiary/aromatic N) is 1. The molecule has 0 bridgehead atoms. The highest BCUT2D eigenvalue weighted by Gasteiger charge is 2.19. The van der Waals surface area contributed by atoms with Crippen LogP contribution in [-0.2, 0) is 6.54 Å². The number of nitrogens with one attached hydrogen (secondary N) is 1. The molecule has 1 aromatic rings. The molecule has 0 amide bonds. The van der Waals surface area contributed by atoms with Crippen molar-refractivity contribution in [3.05, 3.63) is 29.3 Å². The highest BCUT2D eigenvalue weighted by atomic mass is 19.1. The molecule has 0 unspecified atom stereocenters. The minimum absolute atomic E-state index is 0.0579. The Bertz CT molecular complexity index is 427. The van der Waals surface area contributed by atoms with E-state index in [1.165, 1.54) is 12.1 Å². The number of rotatable bonds is 5. The predicted molar refractivity (Wildman–Crippen MR) is 81.1 cm³/mol. The lowest BCUT2D eigenvalue weighted by atomic mass is 10.1. The van der Waals surface area contributed by atoms with Gasteiger partial charge < -0.3 is 10.2 Å². The number of hydrogen-bond acceptors (Lipinski definition) is 2. The minimum Gasteiger partial charge on any atom is -0.365 e. The standard InChI is InChI=1S/C16H26F2N2/c1-7-20(11(2)3)15-13(17)8-12(9-14(15)18)10-19-16(4,5)6/h8-9,11,19H,7,10H2,1-6H3. The maximum Gasteiger partial charge on any atom is 0.149 e. The van der Waals surface area contributed by atoms with Gasteiger partial charge in [0.25, 0.3) is 0 Å². The van der Waals surface area contributed by atoms with E-state index in [9.17, 15) is 8.78 Å². The van der Waals surface area contributed by atoms with Crippen molar-refractivity contribution in [1.82, 2.24) is 5.32 Å². The first-order valence-electron chi connectivity index (χ1n) is 7.15. The van der Waals surface area contributed by atoms with Crippen LogP contribution in [0.3, 0.4) is 0 Å². The molecule has 2 nitrogen and oxygen atoms in total. The van der Waals surface area contributed by atoms with E-state index in [0.29, 0.717) is 18.7 Å². The van der Waals surface area contributed by atoms with Crippen molar-refractivity contribution in [2.24, 2.45) is 0 Å². The fraction of sp³-hybridized carbons (Fsp3) is 0.625. The van der Waals surface area contributed by atoms with E-state index in [0.717, 1.165) is 0 Å². The number of benzene rings is 1. The van der Waals surface area contributed by atoms with E-state index in [2.05, 4.69) is 5.32 Å². The molecule has 0 saturated heterocycles. The SMILES string of the molecule is CCN(c1c(F)cc(CNC(C)(C)C)cc1F)C(C)C.